The van der Waals surface area contributed by atoms with Gasteiger partial charge in [0.1, 0.15) is 0 Å². The van der Waals surface area contributed by atoms with Gasteiger partial charge in [-0.25, -0.2) is 0 Å². The largest absolute Gasteiger partial charge is 0.347 e. The summed E-state index contributed by atoms with van der Waals surface area (Å²) in [6.45, 7) is 7.17. The number of ether oxygens (including phenoxy) is 2. The van der Waals surface area contributed by atoms with Crippen LogP contribution in [0.5, 0.6) is 0 Å². The summed E-state index contributed by atoms with van der Waals surface area (Å²) in [6.07, 6.45) is 1.44. The molecule has 1 rings (SSSR count). The van der Waals surface area contributed by atoms with Gasteiger partial charge in [-0.05, 0) is 38.5 Å². The first-order chi connectivity index (χ1) is 6.77. The van der Waals surface area contributed by atoms with E-state index >= 15 is 0 Å². The molecule has 1 aromatic heterocycles. The van der Waals surface area contributed by atoms with Gasteiger partial charge >= 0.3 is 0 Å². The molecule has 0 bridgehead atoms. The molecule has 14 heavy (non-hydrogen) atoms. The van der Waals surface area contributed by atoms with Gasteiger partial charge in [0.25, 0.3) is 0 Å². The molecule has 0 unspecified atom stereocenters. The van der Waals surface area contributed by atoms with Crippen molar-refractivity contribution in [1.29, 1.82) is 0 Å². The number of hydrogen-bond acceptors (Lipinski definition) is 3. The number of aromatic nitrogens is 1. The van der Waals surface area contributed by atoms with Crippen LogP contribution in [0.4, 0.5) is 0 Å². The monoisotopic (exact) mass is 195 g/mol. The maximum Gasteiger partial charge on any atom is 0.201 e. The Morgan fingerprint density at radius 3 is 2.43 bits per heavy atom. The fraction of sp³-hybridized carbons (Fsp3) is 0.545. The average molecular weight is 195 g/mol. The fourth-order valence-corrected chi connectivity index (χ4v) is 1.21. The molecule has 0 aliphatic heterocycles. The molecule has 0 N–H and O–H groups in total. The normalized spacial score (nSPS) is 10.9. The highest BCUT2D eigenvalue weighted by Crippen LogP contribution is 2.17. The van der Waals surface area contributed by atoms with Gasteiger partial charge in [0.2, 0.25) is 6.29 Å². The first-order valence-electron chi connectivity index (χ1n) is 4.93. The van der Waals surface area contributed by atoms with Gasteiger partial charge in [-0.15, -0.1) is 0 Å². The molecule has 0 saturated heterocycles. The average Bonchev–Trinajstić information content (AvgIpc) is 2.17. The zero-order valence-corrected chi connectivity index (χ0v) is 8.99. The predicted molar refractivity (Wildman–Crippen MR) is 55.0 cm³/mol. The van der Waals surface area contributed by atoms with E-state index in [0.717, 1.165) is 5.69 Å². The second kappa shape index (κ2) is 5.73. The first kappa shape index (κ1) is 11.1. The Labute approximate surface area is 85.1 Å². The van der Waals surface area contributed by atoms with E-state index in [-0.39, 0.29) is 6.29 Å². The standard InChI is InChI=1S/C11H17NO2/c1-4-13-11(14-5-2)10-8-9(3)6-7-12-10/h6-8,11H,4-5H2,1-3H3. The van der Waals surface area contributed by atoms with E-state index in [1.165, 1.54) is 5.56 Å². The molecular formula is C11H17NO2. The molecule has 0 aliphatic rings. The van der Waals surface area contributed by atoms with E-state index in [9.17, 15) is 0 Å². The quantitative estimate of drug-likeness (QED) is 0.676. The summed E-state index contributed by atoms with van der Waals surface area (Å²) < 4.78 is 10.9. The maximum absolute atomic E-state index is 5.44. The van der Waals surface area contributed by atoms with Gasteiger partial charge < -0.3 is 9.47 Å². The highest BCUT2D eigenvalue weighted by molar-refractivity contribution is 5.15. The summed E-state index contributed by atoms with van der Waals surface area (Å²) in [6, 6.07) is 3.94. The highest BCUT2D eigenvalue weighted by atomic mass is 16.7. The molecule has 0 aliphatic carbocycles. The SMILES string of the molecule is CCOC(OCC)c1cc(C)ccn1. The van der Waals surface area contributed by atoms with Gasteiger partial charge in [-0.2, -0.15) is 0 Å². The molecule has 1 heterocycles. The Kier molecular flexibility index (Phi) is 4.56. The highest BCUT2D eigenvalue weighted by Gasteiger charge is 2.12. The lowest BCUT2D eigenvalue weighted by molar-refractivity contribution is -0.142. The van der Waals surface area contributed by atoms with Crippen LogP contribution < -0.4 is 0 Å². The van der Waals surface area contributed by atoms with Crippen molar-refractivity contribution < 1.29 is 9.47 Å². The van der Waals surface area contributed by atoms with Crippen molar-refractivity contribution in [2.75, 3.05) is 13.2 Å². The van der Waals surface area contributed by atoms with E-state index in [0.29, 0.717) is 13.2 Å². The van der Waals surface area contributed by atoms with Crippen LogP contribution in [-0.4, -0.2) is 18.2 Å². The summed E-state index contributed by atoms with van der Waals surface area (Å²) in [4.78, 5) is 4.23. The van der Waals surface area contributed by atoms with Crippen molar-refractivity contribution in [1.82, 2.24) is 4.98 Å². The summed E-state index contributed by atoms with van der Waals surface area (Å²) in [5, 5.41) is 0. The third kappa shape index (κ3) is 3.09. The molecular weight excluding hydrogens is 178 g/mol. The van der Waals surface area contributed by atoms with Crippen LogP contribution in [-0.2, 0) is 9.47 Å². The van der Waals surface area contributed by atoms with Crippen molar-refractivity contribution in [3.8, 4) is 0 Å². The number of pyridine rings is 1. The second-order valence-corrected chi connectivity index (χ2v) is 3.00. The minimum atomic E-state index is -0.329. The molecule has 0 radical (unpaired) electrons. The van der Waals surface area contributed by atoms with Crippen LogP contribution in [0.3, 0.4) is 0 Å². The van der Waals surface area contributed by atoms with Crippen LogP contribution >= 0.6 is 0 Å². The van der Waals surface area contributed by atoms with Crippen LogP contribution in [0, 0.1) is 6.92 Å². The smallest absolute Gasteiger partial charge is 0.201 e. The molecule has 1 aromatic rings. The van der Waals surface area contributed by atoms with Crippen LogP contribution in [0.2, 0.25) is 0 Å². The lowest BCUT2D eigenvalue weighted by Crippen LogP contribution is -2.10. The van der Waals surface area contributed by atoms with Crippen molar-refractivity contribution in [3.05, 3.63) is 29.6 Å². The summed E-state index contributed by atoms with van der Waals surface area (Å²) >= 11 is 0. The Morgan fingerprint density at radius 2 is 1.93 bits per heavy atom. The molecule has 0 fully saturated rings. The Hall–Kier alpha value is -0.930. The Balaban J connectivity index is 2.75. The Morgan fingerprint density at radius 1 is 1.29 bits per heavy atom. The predicted octanol–water partition coefficient (Wildman–Crippen LogP) is 2.46. The van der Waals surface area contributed by atoms with Crippen molar-refractivity contribution in [2.24, 2.45) is 0 Å². The number of aryl methyl sites for hydroxylation is 1. The molecule has 0 amide bonds. The second-order valence-electron chi connectivity index (χ2n) is 3.00. The van der Waals surface area contributed by atoms with E-state index in [1.54, 1.807) is 6.20 Å². The summed E-state index contributed by atoms with van der Waals surface area (Å²) in [7, 11) is 0. The molecule has 0 spiro atoms. The first-order valence-corrected chi connectivity index (χ1v) is 4.93. The van der Waals surface area contributed by atoms with Crippen LogP contribution in [0.1, 0.15) is 31.4 Å². The molecule has 3 heteroatoms. The third-order valence-electron chi connectivity index (χ3n) is 1.81. The van der Waals surface area contributed by atoms with Gasteiger partial charge in [-0.3, -0.25) is 4.98 Å². The van der Waals surface area contributed by atoms with Gasteiger partial charge in [-0.1, -0.05) is 0 Å². The molecule has 0 atom stereocenters. The zero-order valence-electron chi connectivity index (χ0n) is 8.99. The van der Waals surface area contributed by atoms with E-state index in [1.807, 2.05) is 32.9 Å². The number of rotatable bonds is 5. The fourth-order valence-electron chi connectivity index (χ4n) is 1.21. The minimum absolute atomic E-state index is 0.329. The van der Waals surface area contributed by atoms with Gasteiger partial charge in [0, 0.05) is 19.4 Å². The lowest BCUT2D eigenvalue weighted by atomic mass is 10.2. The third-order valence-corrected chi connectivity index (χ3v) is 1.81. The van der Waals surface area contributed by atoms with E-state index in [2.05, 4.69) is 4.98 Å². The minimum Gasteiger partial charge on any atom is -0.347 e. The molecule has 0 saturated carbocycles. The van der Waals surface area contributed by atoms with Crippen LogP contribution in [0.15, 0.2) is 18.3 Å². The summed E-state index contributed by atoms with van der Waals surface area (Å²) in [5.74, 6) is 0. The number of hydrogen-bond donors (Lipinski definition) is 0. The Bertz CT molecular complexity index is 270. The van der Waals surface area contributed by atoms with E-state index in [4.69, 9.17) is 9.47 Å². The zero-order chi connectivity index (χ0) is 10.4. The van der Waals surface area contributed by atoms with Gasteiger partial charge in [0.05, 0.1) is 5.69 Å². The summed E-state index contributed by atoms with van der Waals surface area (Å²) in [5.41, 5.74) is 2.01. The maximum atomic E-state index is 5.44. The molecule has 0 aromatic carbocycles. The lowest BCUT2D eigenvalue weighted by Gasteiger charge is -2.16. The van der Waals surface area contributed by atoms with Crippen molar-refractivity contribution >= 4 is 0 Å². The molecule has 3 nitrogen and oxygen atoms in total. The van der Waals surface area contributed by atoms with Gasteiger partial charge in [0.15, 0.2) is 0 Å². The number of nitrogens with zero attached hydrogens (tertiary/aromatic N) is 1. The van der Waals surface area contributed by atoms with E-state index < -0.39 is 0 Å². The molecule has 78 valence electrons. The van der Waals surface area contributed by atoms with Crippen LogP contribution in [0.25, 0.3) is 0 Å². The topological polar surface area (TPSA) is 31.4 Å². The van der Waals surface area contributed by atoms with Crippen molar-refractivity contribution in [2.45, 2.75) is 27.1 Å². The van der Waals surface area contributed by atoms with Crippen molar-refractivity contribution in [3.63, 3.8) is 0 Å².